The largest absolute Gasteiger partial charge is 0.334 e. The van der Waals surface area contributed by atoms with Gasteiger partial charge < -0.3 is 4.90 Å². The zero-order valence-electron chi connectivity index (χ0n) is 24.2. The van der Waals surface area contributed by atoms with Crippen LogP contribution in [0.1, 0.15) is 24.5 Å². The zero-order valence-corrected chi connectivity index (χ0v) is 25.0. The molecule has 0 aliphatic heterocycles. The minimum absolute atomic E-state index is 0.211. The van der Waals surface area contributed by atoms with Crippen LogP contribution >= 0.6 is 11.3 Å². The molecule has 0 bridgehead atoms. The molecule has 1 aromatic heterocycles. The van der Waals surface area contributed by atoms with Crippen LogP contribution in [-0.2, 0) is 0 Å². The molecule has 0 saturated heterocycles. The molecule has 1 heterocycles. The zero-order chi connectivity index (χ0) is 28.8. The number of fused-ring (bicyclic) bond motifs is 4. The summed E-state index contributed by atoms with van der Waals surface area (Å²) < 4.78 is 2.67. The van der Waals surface area contributed by atoms with Gasteiger partial charge in [0.05, 0.1) is 6.04 Å². The number of hydrogen-bond acceptors (Lipinski definition) is 2. The molecule has 3 unspecified atom stereocenters. The lowest BCUT2D eigenvalue weighted by Crippen LogP contribution is -2.30. The minimum atomic E-state index is 0.211. The van der Waals surface area contributed by atoms with Gasteiger partial charge in [-0.1, -0.05) is 128 Å². The van der Waals surface area contributed by atoms with E-state index in [1.807, 2.05) is 11.3 Å². The molecule has 0 fully saturated rings. The van der Waals surface area contributed by atoms with E-state index in [0.717, 1.165) is 6.42 Å². The van der Waals surface area contributed by atoms with Crippen LogP contribution in [0.5, 0.6) is 0 Å². The van der Waals surface area contributed by atoms with Crippen molar-refractivity contribution in [3.8, 4) is 0 Å². The predicted molar refractivity (Wildman–Crippen MR) is 187 cm³/mol. The lowest BCUT2D eigenvalue weighted by molar-refractivity contribution is 0.585. The third-order valence-corrected chi connectivity index (χ3v) is 10.2. The highest BCUT2D eigenvalue weighted by Crippen LogP contribution is 2.41. The first kappa shape index (κ1) is 26.0. The van der Waals surface area contributed by atoms with Gasteiger partial charge in [-0.2, -0.15) is 0 Å². The van der Waals surface area contributed by atoms with Crippen LogP contribution in [0.4, 0.5) is 11.4 Å². The molecule has 0 spiro atoms. The maximum atomic E-state index is 2.54. The summed E-state index contributed by atoms with van der Waals surface area (Å²) in [5.41, 5.74) is 9.00. The Kier molecular flexibility index (Phi) is 6.58. The summed E-state index contributed by atoms with van der Waals surface area (Å²) in [6.45, 7) is 2.33. The first-order valence-corrected chi connectivity index (χ1v) is 16.1. The van der Waals surface area contributed by atoms with Crippen LogP contribution in [0, 0.1) is 11.8 Å². The topological polar surface area (TPSA) is 3.24 Å². The first-order chi connectivity index (χ1) is 21.2. The molecular weight excluding hydrogens is 539 g/mol. The van der Waals surface area contributed by atoms with Crippen molar-refractivity contribution in [2.45, 2.75) is 19.4 Å². The molecule has 0 saturated carbocycles. The average molecular weight is 572 g/mol. The normalized spacial score (nSPS) is 21.0. The molecule has 2 heteroatoms. The summed E-state index contributed by atoms with van der Waals surface area (Å²) >= 11 is 1.88. The fourth-order valence-corrected chi connectivity index (χ4v) is 8.01. The molecule has 5 aromatic rings. The van der Waals surface area contributed by atoms with Crippen molar-refractivity contribution in [3.63, 3.8) is 0 Å². The maximum absolute atomic E-state index is 2.54. The van der Waals surface area contributed by atoms with Crippen molar-refractivity contribution in [1.29, 1.82) is 0 Å². The molecule has 3 aliphatic carbocycles. The Hall–Kier alpha value is -4.66. The van der Waals surface area contributed by atoms with E-state index in [-0.39, 0.29) is 6.04 Å². The van der Waals surface area contributed by atoms with Gasteiger partial charge in [-0.05, 0) is 70.5 Å². The van der Waals surface area contributed by atoms with Gasteiger partial charge in [-0.25, -0.2) is 0 Å². The molecule has 1 nitrogen and oxygen atoms in total. The van der Waals surface area contributed by atoms with Crippen LogP contribution in [0.2, 0.25) is 0 Å². The van der Waals surface area contributed by atoms with Gasteiger partial charge in [0.2, 0.25) is 0 Å². The van der Waals surface area contributed by atoms with Gasteiger partial charge in [-0.15, -0.1) is 11.3 Å². The molecule has 3 aliphatic rings. The van der Waals surface area contributed by atoms with Gasteiger partial charge in [0.15, 0.2) is 0 Å². The summed E-state index contributed by atoms with van der Waals surface area (Å²) in [5, 5.41) is 2.67. The molecule has 8 rings (SSSR count). The summed E-state index contributed by atoms with van der Waals surface area (Å²) in [7, 11) is 0. The van der Waals surface area contributed by atoms with E-state index in [1.54, 1.807) is 0 Å². The fraction of sp³-hybridized carbons (Fsp3) is 0.122. The highest BCUT2D eigenvalue weighted by atomic mass is 32.1. The second kappa shape index (κ2) is 10.9. The number of allylic oxidation sites excluding steroid dienone is 10. The minimum Gasteiger partial charge on any atom is -0.334 e. The Bertz CT molecular complexity index is 2030. The Morgan fingerprint density at radius 3 is 2.37 bits per heavy atom. The van der Waals surface area contributed by atoms with Crippen molar-refractivity contribution >= 4 is 54.0 Å². The van der Waals surface area contributed by atoms with Gasteiger partial charge >= 0.3 is 0 Å². The molecule has 0 N–H and O–H groups in total. The highest BCUT2D eigenvalue weighted by molar-refractivity contribution is 7.25. The smallest absolute Gasteiger partial charge is 0.0560 e. The monoisotopic (exact) mass is 571 g/mol. The number of rotatable bonds is 5. The standard InChI is InChI=1S/C41H33NS/c1-28-24-33(25-32-12-5-6-15-37(28)32)31-13-9-14-35(26-31)42(34-20-18-30(19-21-34)29-10-3-2-4-11-29)36-22-23-39-38-16-7-8-17-40(38)43-41(39)27-36/h2-20,22-28,34,37H,21H2,1H3. The van der Waals surface area contributed by atoms with E-state index in [1.165, 1.54) is 59.4 Å². The van der Waals surface area contributed by atoms with E-state index in [4.69, 9.17) is 0 Å². The lowest BCUT2D eigenvalue weighted by atomic mass is 9.77. The summed E-state index contributed by atoms with van der Waals surface area (Å²) in [5.74, 6) is 0.939. The summed E-state index contributed by atoms with van der Waals surface area (Å²) in [4.78, 5) is 2.54. The Morgan fingerprint density at radius 1 is 0.674 bits per heavy atom. The third-order valence-electron chi connectivity index (χ3n) is 9.05. The van der Waals surface area contributed by atoms with Gasteiger partial charge in [0.1, 0.15) is 0 Å². The van der Waals surface area contributed by atoms with Crippen LogP contribution in [-0.4, -0.2) is 6.04 Å². The van der Waals surface area contributed by atoms with Gasteiger partial charge in [0.25, 0.3) is 0 Å². The molecule has 0 amide bonds. The second-order valence-electron chi connectivity index (χ2n) is 11.8. The van der Waals surface area contributed by atoms with Gasteiger partial charge in [0, 0.05) is 37.5 Å². The van der Waals surface area contributed by atoms with E-state index in [2.05, 4.69) is 164 Å². The maximum Gasteiger partial charge on any atom is 0.0560 e. The molecule has 43 heavy (non-hydrogen) atoms. The molecule has 3 atom stereocenters. The highest BCUT2D eigenvalue weighted by Gasteiger charge is 2.25. The Balaban J connectivity index is 1.21. The number of benzene rings is 4. The van der Waals surface area contributed by atoms with Crippen LogP contribution in [0.3, 0.4) is 0 Å². The van der Waals surface area contributed by atoms with E-state index in [9.17, 15) is 0 Å². The van der Waals surface area contributed by atoms with Crippen LogP contribution in [0.25, 0.3) is 31.3 Å². The quantitative estimate of drug-likeness (QED) is 0.203. The first-order valence-electron chi connectivity index (χ1n) is 15.2. The van der Waals surface area contributed by atoms with E-state index < -0.39 is 0 Å². The summed E-state index contributed by atoms with van der Waals surface area (Å²) in [6.07, 6.45) is 21.8. The van der Waals surface area contributed by atoms with E-state index >= 15 is 0 Å². The van der Waals surface area contributed by atoms with Crippen molar-refractivity contribution in [2.24, 2.45) is 11.8 Å². The summed E-state index contributed by atoms with van der Waals surface area (Å²) in [6, 6.07) is 35.8. The van der Waals surface area contributed by atoms with Gasteiger partial charge in [-0.3, -0.25) is 0 Å². The fourth-order valence-electron chi connectivity index (χ4n) is 6.87. The van der Waals surface area contributed by atoms with Crippen molar-refractivity contribution in [1.82, 2.24) is 0 Å². The molecule has 208 valence electrons. The Morgan fingerprint density at radius 2 is 1.49 bits per heavy atom. The molecule has 4 aromatic carbocycles. The van der Waals surface area contributed by atoms with Crippen molar-refractivity contribution in [3.05, 3.63) is 168 Å². The number of thiophene rings is 1. The SMILES string of the molecule is CC1C=C(c2cccc(N(c3ccc4c(c3)sc3ccccc34)C3C=CC(c4ccccc4)=CC3)c2)C=C2C=CC=CC21. The van der Waals surface area contributed by atoms with Crippen LogP contribution < -0.4 is 4.90 Å². The number of hydrogen-bond donors (Lipinski definition) is 0. The lowest BCUT2D eigenvalue weighted by Gasteiger charge is -2.34. The van der Waals surface area contributed by atoms with Crippen LogP contribution in [0.15, 0.2) is 157 Å². The Labute approximate surface area is 257 Å². The third kappa shape index (κ3) is 4.82. The van der Waals surface area contributed by atoms with E-state index in [0.29, 0.717) is 11.8 Å². The van der Waals surface area contributed by atoms with Crippen molar-refractivity contribution in [2.75, 3.05) is 4.90 Å². The van der Waals surface area contributed by atoms with Crippen molar-refractivity contribution < 1.29 is 0 Å². The number of nitrogens with zero attached hydrogens (tertiary/aromatic N) is 1. The average Bonchev–Trinajstić information content (AvgIpc) is 3.44. The number of anilines is 2. The predicted octanol–water partition coefficient (Wildman–Crippen LogP) is 11.3. The molecular formula is C41H33NS. The second-order valence-corrected chi connectivity index (χ2v) is 12.9. The molecule has 0 radical (unpaired) electrons.